The van der Waals surface area contributed by atoms with Crippen LogP contribution in [0.25, 0.3) is 4.96 Å². The molecule has 6 heteroatoms. The van der Waals surface area contributed by atoms with Crippen molar-refractivity contribution in [1.29, 1.82) is 0 Å². The van der Waals surface area contributed by atoms with Crippen molar-refractivity contribution in [3.8, 4) is 0 Å². The van der Waals surface area contributed by atoms with Crippen LogP contribution in [0.2, 0.25) is 5.02 Å². The summed E-state index contributed by atoms with van der Waals surface area (Å²) in [7, 11) is 0. The first-order valence-corrected chi connectivity index (χ1v) is 10.8. The fourth-order valence-corrected chi connectivity index (χ4v) is 5.73. The summed E-state index contributed by atoms with van der Waals surface area (Å²) in [5.74, 6) is 2.20. The van der Waals surface area contributed by atoms with Gasteiger partial charge in [0, 0.05) is 47.5 Å². The third-order valence-corrected chi connectivity index (χ3v) is 7.39. The van der Waals surface area contributed by atoms with Gasteiger partial charge in [0.1, 0.15) is 0 Å². The van der Waals surface area contributed by atoms with Gasteiger partial charge in [-0.05, 0) is 55.2 Å². The van der Waals surface area contributed by atoms with Gasteiger partial charge < -0.3 is 4.90 Å². The fourth-order valence-electron chi connectivity index (χ4n) is 4.85. The average molecular weight is 400 g/mol. The average Bonchev–Trinajstić information content (AvgIpc) is 3.22. The van der Waals surface area contributed by atoms with Crippen LogP contribution in [0.1, 0.15) is 29.2 Å². The molecule has 1 saturated heterocycles. The van der Waals surface area contributed by atoms with Crippen molar-refractivity contribution in [1.82, 2.24) is 14.3 Å². The summed E-state index contributed by atoms with van der Waals surface area (Å²) in [6.45, 7) is 5.19. The molecule has 0 spiro atoms. The van der Waals surface area contributed by atoms with Crippen molar-refractivity contribution >= 4 is 27.9 Å². The van der Waals surface area contributed by atoms with Gasteiger partial charge in [0.15, 0.2) is 4.96 Å². The second-order valence-electron chi connectivity index (χ2n) is 7.86. The summed E-state index contributed by atoms with van der Waals surface area (Å²) in [5.41, 5.74) is 3.26. The topological polar surface area (TPSA) is 37.6 Å². The van der Waals surface area contributed by atoms with Crippen LogP contribution >= 0.6 is 22.9 Å². The first-order chi connectivity index (χ1) is 13.1. The molecule has 4 nitrogen and oxygen atoms in total. The Morgan fingerprint density at radius 3 is 2.89 bits per heavy atom. The molecule has 3 aromatic rings. The Morgan fingerprint density at radius 1 is 1.26 bits per heavy atom. The van der Waals surface area contributed by atoms with E-state index in [9.17, 15) is 4.79 Å². The first kappa shape index (κ1) is 17.4. The molecule has 1 aromatic carbocycles. The Balaban J connectivity index is 1.26. The Kier molecular flexibility index (Phi) is 4.34. The molecular formula is C21H22ClN3OS. The van der Waals surface area contributed by atoms with Gasteiger partial charge in [-0.1, -0.05) is 23.7 Å². The van der Waals surface area contributed by atoms with Crippen molar-refractivity contribution in [2.45, 2.75) is 25.7 Å². The Labute approximate surface area is 167 Å². The molecule has 0 radical (unpaired) electrons. The minimum atomic E-state index is 0.0972. The highest BCUT2D eigenvalue weighted by molar-refractivity contribution is 7.15. The predicted molar refractivity (Wildman–Crippen MR) is 110 cm³/mol. The smallest absolute Gasteiger partial charge is 0.261 e. The summed E-state index contributed by atoms with van der Waals surface area (Å²) in [6.07, 6.45) is 3.87. The van der Waals surface area contributed by atoms with E-state index in [1.54, 1.807) is 4.40 Å². The number of hydrogen-bond donors (Lipinski definition) is 0. The van der Waals surface area contributed by atoms with E-state index in [0.717, 1.165) is 59.1 Å². The van der Waals surface area contributed by atoms with E-state index in [1.807, 2.05) is 30.6 Å². The highest BCUT2D eigenvalue weighted by atomic mass is 35.5. The summed E-state index contributed by atoms with van der Waals surface area (Å²) in [4.78, 5) is 20.6. The highest BCUT2D eigenvalue weighted by Crippen LogP contribution is 2.51. The van der Waals surface area contributed by atoms with E-state index < -0.39 is 0 Å². The molecule has 0 N–H and O–H groups in total. The number of likely N-dealkylation sites (tertiary alicyclic amines) is 1. The normalized spacial score (nSPS) is 24.9. The molecule has 0 amide bonds. The van der Waals surface area contributed by atoms with Crippen LogP contribution in [-0.2, 0) is 6.42 Å². The number of halogens is 1. The van der Waals surface area contributed by atoms with Crippen LogP contribution < -0.4 is 5.56 Å². The largest absolute Gasteiger partial charge is 0.302 e. The zero-order chi connectivity index (χ0) is 18.5. The maximum atomic E-state index is 12.7. The zero-order valence-corrected chi connectivity index (χ0v) is 16.8. The first-order valence-electron chi connectivity index (χ1n) is 9.53. The number of hydrogen-bond acceptors (Lipinski definition) is 4. The Bertz CT molecular complexity index is 1040. The maximum Gasteiger partial charge on any atom is 0.261 e. The van der Waals surface area contributed by atoms with Crippen LogP contribution in [0.5, 0.6) is 0 Å². The number of benzene rings is 1. The lowest BCUT2D eigenvalue weighted by Gasteiger charge is -2.40. The van der Waals surface area contributed by atoms with Crippen molar-refractivity contribution in [3.63, 3.8) is 0 Å². The number of aryl methyl sites for hydroxylation is 1. The van der Waals surface area contributed by atoms with Gasteiger partial charge >= 0.3 is 0 Å². The minimum Gasteiger partial charge on any atom is -0.302 e. The number of aromatic nitrogens is 2. The fraction of sp³-hybridized carbons (Fsp3) is 0.429. The molecule has 1 aliphatic carbocycles. The van der Waals surface area contributed by atoms with Crippen LogP contribution in [0.4, 0.5) is 0 Å². The summed E-state index contributed by atoms with van der Waals surface area (Å²) in [5, 5.41) is 2.72. The van der Waals surface area contributed by atoms with Gasteiger partial charge in [-0.2, -0.15) is 0 Å². The van der Waals surface area contributed by atoms with Crippen LogP contribution in [0.3, 0.4) is 0 Å². The van der Waals surface area contributed by atoms with E-state index in [0.29, 0.717) is 5.92 Å². The molecule has 1 aliphatic heterocycles. The molecule has 5 rings (SSSR count). The molecule has 27 heavy (non-hydrogen) atoms. The molecule has 3 atom stereocenters. The van der Waals surface area contributed by atoms with E-state index in [-0.39, 0.29) is 5.56 Å². The SMILES string of the molecule is Cc1nc2sccn2c(=O)c1CCN1CC2CC(c3ccc(Cl)cc3)C2C1. The Hall–Kier alpha value is -1.69. The molecule has 2 aliphatic rings. The molecule has 2 fully saturated rings. The van der Waals surface area contributed by atoms with Crippen molar-refractivity contribution in [2.24, 2.45) is 11.8 Å². The number of nitrogens with zero attached hydrogens (tertiary/aromatic N) is 3. The zero-order valence-electron chi connectivity index (χ0n) is 15.3. The molecule has 140 valence electrons. The van der Waals surface area contributed by atoms with E-state index >= 15 is 0 Å². The molecular weight excluding hydrogens is 378 g/mol. The van der Waals surface area contributed by atoms with Crippen LogP contribution in [-0.4, -0.2) is 33.9 Å². The number of fused-ring (bicyclic) bond motifs is 2. The van der Waals surface area contributed by atoms with Crippen molar-refractivity contribution in [3.05, 3.63) is 68.0 Å². The molecule has 1 saturated carbocycles. The summed E-state index contributed by atoms with van der Waals surface area (Å²) in [6, 6.07) is 8.36. The summed E-state index contributed by atoms with van der Waals surface area (Å²) >= 11 is 7.53. The van der Waals surface area contributed by atoms with Gasteiger partial charge in [-0.15, -0.1) is 11.3 Å². The number of rotatable bonds is 4. The quantitative estimate of drug-likeness (QED) is 0.665. The Morgan fingerprint density at radius 2 is 2.07 bits per heavy atom. The lowest BCUT2D eigenvalue weighted by molar-refractivity contribution is 0.191. The number of thiazole rings is 1. The molecule has 0 bridgehead atoms. The van der Waals surface area contributed by atoms with Gasteiger partial charge in [0.05, 0.1) is 0 Å². The monoisotopic (exact) mass is 399 g/mol. The molecule has 2 aromatic heterocycles. The third kappa shape index (κ3) is 3.02. The van der Waals surface area contributed by atoms with E-state index in [2.05, 4.69) is 22.0 Å². The van der Waals surface area contributed by atoms with E-state index in [1.165, 1.54) is 23.3 Å². The van der Waals surface area contributed by atoms with E-state index in [4.69, 9.17) is 11.6 Å². The summed E-state index contributed by atoms with van der Waals surface area (Å²) < 4.78 is 1.68. The second-order valence-corrected chi connectivity index (χ2v) is 9.17. The van der Waals surface area contributed by atoms with Crippen LogP contribution in [0.15, 0.2) is 40.6 Å². The molecule has 3 unspecified atom stereocenters. The third-order valence-electron chi connectivity index (χ3n) is 6.38. The predicted octanol–water partition coefficient (Wildman–Crippen LogP) is 4.00. The maximum absolute atomic E-state index is 12.7. The van der Waals surface area contributed by atoms with Gasteiger partial charge in [-0.25, -0.2) is 4.98 Å². The second kappa shape index (κ2) is 6.73. The van der Waals surface area contributed by atoms with Gasteiger partial charge in [-0.3, -0.25) is 9.20 Å². The van der Waals surface area contributed by atoms with Crippen LogP contribution in [0, 0.1) is 18.8 Å². The van der Waals surface area contributed by atoms with Gasteiger partial charge in [0.25, 0.3) is 5.56 Å². The highest BCUT2D eigenvalue weighted by Gasteiger charge is 2.47. The van der Waals surface area contributed by atoms with Crippen molar-refractivity contribution in [2.75, 3.05) is 19.6 Å². The van der Waals surface area contributed by atoms with Crippen molar-refractivity contribution < 1.29 is 0 Å². The molecule has 3 heterocycles. The van der Waals surface area contributed by atoms with Gasteiger partial charge in [0.2, 0.25) is 0 Å². The standard InChI is InChI=1S/C21H22ClN3OS/c1-13-17(20(26)25-8-9-27-21(25)23-13)6-7-24-11-15-10-18(19(15)12-24)14-2-4-16(22)5-3-14/h2-5,8-9,15,18-19H,6-7,10-12H2,1H3. The lowest BCUT2D eigenvalue weighted by atomic mass is 9.64. The lowest BCUT2D eigenvalue weighted by Crippen LogP contribution is -2.33. The minimum absolute atomic E-state index is 0.0972.